The summed E-state index contributed by atoms with van der Waals surface area (Å²) in [5, 5.41) is 0. The number of pyridine rings is 1. The standard InChI is InChI=1S/C12H19N3O3S/c1-2-15(10-3-4-10)8-7-14-19(17,18)11-5-6-12(16)13-9-11/h5-6,9-10,14H,2-4,7-8H2,1H3,(H,13,16). The molecule has 6 nitrogen and oxygen atoms in total. The minimum absolute atomic E-state index is 0.0848. The minimum Gasteiger partial charge on any atom is -0.328 e. The summed E-state index contributed by atoms with van der Waals surface area (Å²) < 4.78 is 26.4. The summed E-state index contributed by atoms with van der Waals surface area (Å²) in [5.41, 5.74) is -0.315. The van der Waals surface area contributed by atoms with Crippen LogP contribution in [0.15, 0.2) is 28.0 Å². The predicted molar refractivity (Wildman–Crippen MR) is 72.5 cm³/mol. The van der Waals surface area contributed by atoms with Gasteiger partial charge in [0.05, 0.1) is 4.90 Å². The second-order valence-corrected chi connectivity index (χ2v) is 6.41. The molecule has 2 N–H and O–H groups in total. The summed E-state index contributed by atoms with van der Waals surface area (Å²) in [5.74, 6) is 0. The monoisotopic (exact) mass is 285 g/mol. The summed E-state index contributed by atoms with van der Waals surface area (Å²) in [7, 11) is -3.53. The van der Waals surface area contributed by atoms with Gasteiger partial charge in [-0.2, -0.15) is 0 Å². The molecule has 19 heavy (non-hydrogen) atoms. The van der Waals surface area contributed by atoms with Gasteiger partial charge < -0.3 is 4.98 Å². The van der Waals surface area contributed by atoms with E-state index in [1.54, 1.807) is 0 Å². The Kier molecular flexibility index (Phi) is 4.38. The van der Waals surface area contributed by atoms with Crippen molar-refractivity contribution in [3.63, 3.8) is 0 Å². The van der Waals surface area contributed by atoms with Crippen molar-refractivity contribution in [1.29, 1.82) is 0 Å². The number of aromatic amines is 1. The predicted octanol–water partition coefficient (Wildman–Crippen LogP) is 0.138. The third kappa shape index (κ3) is 3.89. The maximum Gasteiger partial charge on any atom is 0.247 e. The van der Waals surface area contributed by atoms with E-state index in [0.717, 1.165) is 6.54 Å². The van der Waals surface area contributed by atoms with Gasteiger partial charge in [-0.05, 0) is 25.5 Å². The van der Waals surface area contributed by atoms with Gasteiger partial charge in [0.2, 0.25) is 15.6 Å². The van der Waals surface area contributed by atoms with E-state index in [1.807, 2.05) is 0 Å². The fraction of sp³-hybridized carbons (Fsp3) is 0.583. The average molecular weight is 285 g/mol. The Hall–Kier alpha value is -1.18. The van der Waals surface area contributed by atoms with E-state index >= 15 is 0 Å². The zero-order valence-electron chi connectivity index (χ0n) is 10.9. The van der Waals surface area contributed by atoms with Crippen molar-refractivity contribution in [3.8, 4) is 0 Å². The van der Waals surface area contributed by atoms with Crippen LogP contribution in [0.3, 0.4) is 0 Å². The van der Waals surface area contributed by atoms with Crippen molar-refractivity contribution in [2.75, 3.05) is 19.6 Å². The van der Waals surface area contributed by atoms with Crippen LogP contribution in [0.2, 0.25) is 0 Å². The summed E-state index contributed by atoms with van der Waals surface area (Å²) >= 11 is 0. The Morgan fingerprint density at radius 1 is 1.42 bits per heavy atom. The molecule has 0 saturated heterocycles. The molecule has 1 aliphatic carbocycles. The Bertz CT molecular complexity index is 558. The van der Waals surface area contributed by atoms with E-state index in [0.29, 0.717) is 19.1 Å². The van der Waals surface area contributed by atoms with Crippen LogP contribution in [0.25, 0.3) is 0 Å². The lowest BCUT2D eigenvalue weighted by atomic mass is 10.4. The molecule has 7 heteroatoms. The lowest BCUT2D eigenvalue weighted by Crippen LogP contribution is -2.36. The van der Waals surface area contributed by atoms with Gasteiger partial charge >= 0.3 is 0 Å². The number of rotatable bonds is 7. The van der Waals surface area contributed by atoms with Gasteiger partial charge in [0.15, 0.2) is 0 Å². The minimum atomic E-state index is -3.53. The number of likely N-dealkylation sites (N-methyl/N-ethyl adjacent to an activating group) is 1. The summed E-state index contributed by atoms with van der Waals surface area (Å²) in [6, 6.07) is 3.14. The van der Waals surface area contributed by atoms with E-state index in [4.69, 9.17) is 0 Å². The van der Waals surface area contributed by atoms with Crippen LogP contribution in [0.5, 0.6) is 0 Å². The van der Waals surface area contributed by atoms with Crippen molar-refractivity contribution in [1.82, 2.24) is 14.6 Å². The topological polar surface area (TPSA) is 82.3 Å². The molecule has 1 saturated carbocycles. The third-order valence-electron chi connectivity index (χ3n) is 3.23. The van der Waals surface area contributed by atoms with Crippen LogP contribution in [-0.2, 0) is 10.0 Å². The molecule has 0 radical (unpaired) electrons. The van der Waals surface area contributed by atoms with Crippen molar-refractivity contribution in [2.45, 2.75) is 30.7 Å². The SMILES string of the molecule is CCN(CCNS(=O)(=O)c1ccc(=O)[nH]c1)C1CC1. The smallest absolute Gasteiger partial charge is 0.247 e. The third-order valence-corrected chi connectivity index (χ3v) is 4.69. The number of sulfonamides is 1. The number of aromatic nitrogens is 1. The largest absolute Gasteiger partial charge is 0.328 e. The first kappa shape index (κ1) is 14.2. The summed E-state index contributed by atoms with van der Waals surface area (Å²) in [6.07, 6.45) is 3.63. The fourth-order valence-electron chi connectivity index (χ4n) is 2.01. The number of H-pyrrole nitrogens is 1. The summed E-state index contributed by atoms with van der Waals surface area (Å²) in [6.45, 7) is 4.11. The normalized spacial score (nSPS) is 15.9. The van der Waals surface area contributed by atoms with Gasteiger partial charge in [-0.1, -0.05) is 6.92 Å². The number of nitrogens with zero attached hydrogens (tertiary/aromatic N) is 1. The Morgan fingerprint density at radius 3 is 2.68 bits per heavy atom. The molecular formula is C12H19N3O3S. The molecule has 0 amide bonds. The highest BCUT2D eigenvalue weighted by atomic mass is 32.2. The molecule has 1 aliphatic rings. The van der Waals surface area contributed by atoms with Crippen LogP contribution in [0.1, 0.15) is 19.8 Å². The molecule has 1 aromatic heterocycles. The van der Waals surface area contributed by atoms with Crippen molar-refractivity contribution >= 4 is 10.0 Å². The maximum atomic E-state index is 11.9. The molecule has 0 bridgehead atoms. The van der Waals surface area contributed by atoms with E-state index in [1.165, 1.54) is 31.2 Å². The van der Waals surface area contributed by atoms with Gasteiger partial charge in [-0.3, -0.25) is 9.69 Å². The lowest BCUT2D eigenvalue weighted by Gasteiger charge is -2.19. The van der Waals surface area contributed by atoms with E-state index in [2.05, 4.69) is 21.5 Å². The highest BCUT2D eigenvalue weighted by molar-refractivity contribution is 7.89. The van der Waals surface area contributed by atoms with E-state index in [-0.39, 0.29) is 10.5 Å². The fourth-order valence-corrected chi connectivity index (χ4v) is 3.00. The van der Waals surface area contributed by atoms with Gasteiger partial charge in [0.25, 0.3) is 0 Å². The Labute approximate surface area is 112 Å². The molecule has 2 rings (SSSR count). The Balaban J connectivity index is 1.90. The van der Waals surface area contributed by atoms with Crippen molar-refractivity contribution in [2.24, 2.45) is 0 Å². The quantitative estimate of drug-likeness (QED) is 0.746. The molecule has 106 valence electrons. The van der Waals surface area contributed by atoms with Crippen molar-refractivity contribution < 1.29 is 8.42 Å². The van der Waals surface area contributed by atoms with Gasteiger partial charge in [-0.15, -0.1) is 0 Å². The molecule has 1 fully saturated rings. The molecular weight excluding hydrogens is 266 g/mol. The average Bonchev–Trinajstić information content (AvgIpc) is 3.19. The second-order valence-electron chi connectivity index (χ2n) is 4.65. The van der Waals surface area contributed by atoms with E-state index < -0.39 is 10.0 Å². The van der Waals surface area contributed by atoms with Crippen LogP contribution in [-0.4, -0.2) is 44.0 Å². The van der Waals surface area contributed by atoms with E-state index in [9.17, 15) is 13.2 Å². The van der Waals surface area contributed by atoms with Crippen LogP contribution in [0, 0.1) is 0 Å². The first-order valence-corrected chi connectivity index (χ1v) is 7.93. The molecule has 0 aromatic carbocycles. The van der Waals surface area contributed by atoms with Crippen LogP contribution >= 0.6 is 0 Å². The Morgan fingerprint density at radius 2 is 2.16 bits per heavy atom. The molecule has 1 aromatic rings. The number of hydrogen-bond donors (Lipinski definition) is 2. The number of hydrogen-bond acceptors (Lipinski definition) is 4. The summed E-state index contributed by atoms with van der Waals surface area (Å²) in [4.78, 5) is 15.6. The molecule has 0 atom stereocenters. The number of nitrogens with one attached hydrogen (secondary N) is 2. The highest BCUT2D eigenvalue weighted by Crippen LogP contribution is 2.25. The first-order chi connectivity index (χ1) is 9.03. The zero-order chi connectivity index (χ0) is 13.9. The molecule has 0 unspecified atom stereocenters. The maximum absolute atomic E-state index is 11.9. The molecule has 0 spiro atoms. The van der Waals surface area contributed by atoms with Gasteiger partial charge in [0, 0.05) is 31.4 Å². The first-order valence-electron chi connectivity index (χ1n) is 6.45. The zero-order valence-corrected chi connectivity index (χ0v) is 11.7. The van der Waals surface area contributed by atoms with Crippen LogP contribution < -0.4 is 10.3 Å². The highest BCUT2D eigenvalue weighted by Gasteiger charge is 2.27. The lowest BCUT2D eigenvalue weighted by molar-refractivity contribution is 0.282. The van der Waals surface area contributed by atoms with Crippen LogP contribution in [0.4, 0.5) is 0 Å². The second kappa shape index (κ2) is 5.85. The van der Waals surface area contributed by atoms with Gasteiger partial charge in [-0.25, -0.2) is 13.1 Å². The molecule has 1 heterocycles. The van der Waals surface area contributed by atoms with Crippen molar-refractivity contribution in [3.05, 3.63) is 28.7 Å². The van der Waals surface area contributed by atoms with Gasteiger partial charge in [0.1, 0.15) is 0 Å². The molecule has 0 aliphatic heterocycles.